The van der Waals surface area contributed by atoms with Crippen LogP contribution in [0, 0.1) is 5.92 Å². The quantitative estimate of drug-likeness (QED) is 0.764. The number of allylic oxidation sites excluding steroid dienone is 5. The average molecular weight is 244 g/mol. The fourth-order valence-corrected chi connectivity index (χ4v) is 2.63. The zero-order valence-corrected chi connectivity index (χ0v) is 11.7. The van der Waals surface area contributed by atoms with E-state index in [-0.39, 0.29) is 0 Å². The number of hydrogen-bond acceptors (Lipinski definition) is 2. The van der Waals surface area contributed by atoms with Gasteiger partial charge >= 0.3 is 0 Å². The van der Waals surface area contributed by atoms with Crippen LogP contribution in [0.4, 0.5) is 0 Å². The molecule has 1 fully saturated rings. The molecule has 2 rings (SSSR count). The normalized spacial score (nSPS) is 29.1. The first-order valence-corrected chi connectivity index (χ1v) is 6.81. The van der Waals surface area contributed by atoms with E-state index in [2.05, 4.69) is 56.0 Å². The van der Waals surface area contributed by atoms with E-state index in [9.17, 15) is 0 Å². The van der Waals surface area contributed by atoms with E-state index in [4.69, 9.17) is 0 Å². The number of hydrazine groups is 1. The summed E-state index contributed by atoms with van der Waals surface area (Å²) in [5.74, 6) is 0.555. The molecule has 1 aliphatic carbocycles. The Balaban J connectivity index is 2.12. The third-order valence-corrected chi connectivity index (χ3v) is 3.89. The van der Waals surface area contributed by atoms with Gasteiger partial charge in [0.15, 0.2) is 0 Å². The molecule has 18 heavy (non-hydrogen) atoms. The van der Waals surface area contributed by atoms with Gasteiger partial charge in [0.1, 0.15) is 0 Å². The second kappa shape index (κ2) is 5.57. The van der Waals surface area contributed by atoms with Crippen molar-refractivity contribution >= 4 is 0 Å². The predicted octanol–water partition coefficient (Wildman–Crippen LogP) is 3.57. The van der Waals surface area contributed by atoms with Crippen LogP contribution in [0.5, 0.6) is 0 Å². The lowest BCUT2D eigenvalue weighted by Crippen LogP contribution is -2.34. The van der Waals surface area contributed by atoms with E-state index in [0.717, 1.165) is 6.54 Å². The standard InChI is InChI=1S/C16H24N2/c1-5-6-7-15-11-18(17-14(15)4)16-10-12(2)8-9-13(16)3/h5-7,10,14-15,17H,1,8-9,11H2,2-4H3/b7-6-. The lowest BCUT2D eigenvalue weighted by Gasteiger charge is -2.26. The SMILES string of the molecule is C=C/C=C\C1CN(C2=C(C)CCC(C)=C2)NC1C. The smallest absolute Gasteiger partial charge is 0.0508 e. The summed E-state index contributed by atoms with van der Waals surface area (Å²) in [6.45, 7) is 11.5. The topological polar surface area (TPSA) is 15.3 Å². The highest BCUT2D eigenvalue weighted by Crippen LogP contribution is 2.28. The molecule has 0 amide bonds. The first-order chi connectivity index (χ1) is 8.61. The summed E-state index contributed by atoms with van der Waals surface area (Å²) >= 11 is 0. The van der Waals surface area contributed by atoms with Crippen molar-refractivity contribution in [3.05, 3.63) is 47.7 Å². The van der Waals surface area contributed by atoms with Crippen molar-refractivity contribution in [2.75, 3.05) is 6.54 Å². The summed E-state index contributed by atoms with van der Waals surface area (Å²) in [7, 11) is 0. The van der Waals surface area contributed by atoms with Gasteiger partial charge in [-0.05, 0) is 45.3 Å². The molecule has 0 aromatic carbocycles. The maximum absolute atomic E-state index is 3.74. The Bertz CT molecular complexity index is 415. The van der Waals surface area contributed by atoms with Crippen molar-refractivity contribution in [2.45, 2.75) is 39.7 Å². The molecule has 0 bridgehead atoms. The van der Waals surface area contributed by atoms with Gasteiger partial charge in [-0.15, -0.1) is 0 Å². The predicted molar refractivity (Wildman–Crippen MR) is 77.8 cm³/mol. The van der Waals surface area contributed by atoms with Crippen molar-refractivity contribution < 1.29 is 0 Å². The first kappa shape index (κ1) is 13.2. The molecular weight excluding hydrogens is 220 g/mol. The third-order valence-electron chi connectivity index (χ3n) is 3.89. The minimum absolute atomic E-state index is 0.483. The fourth-order valence-electron chi connectivity index (χ4n) is 2.63. The van der Waals surface area contributed by atoms with E-state index >= 15 is 0 Å². The molecule has 0 aromatic heterocycles. The van der Waals surface area contributed by atoms with Gasteiger partial charge in [-0.3, -0.25) is 0 Å². The summed E-state index contributed by atoms with van der Waals surface area (Å²) in [4.78, 5) is 0. The minimum Gasteiger partial charge on any atom is -0.308 e. The number of nitrogens with one attached hydrogen (secondary N) is 1. The Morgan fingerprint density at radius 1 is 1.39 bits per heavy atom. The zero-order valence-electron chi connectivity index (χ0n) is 11.7. The van der Waals surface area contributed by atoms with Crippen LogP contribution in [0.15, 0.2) is 47.7 Å². The Morgan fingerprint density at radius 3 is 2.89 bits per heavy atom. The van der Waals surface area contributed by atoms with Gasteiger partial charge in [-0.1, -0.05) is 30.4 Å². The van der Waals surface area contributed by atoms with E-state index in [1.165, 1.54) is 29.7 Å². The van der Waals surface area contributed by atoms with Gasteiger partial charge in [0.05, 0.1) is 5.70 Å². The fraction of sp³-hybridized carbons (Fsp3) is 0.500. The largest absolute Gasteiger partial charge is 0.308 e. The number of nitrogens with zero attached hydrogens (tertiary/aromatic N) is 1. The molecule has 2 heteroatoms. The van der Waals surface area contributed by atoms with Crippen LogP contribution in [0.1, 0.15) is 33.6 Å². The lowest BCUT2D eigenvalue weighted by atomic mass is 9.97. The summed E-state index contributed by atoms with van der Waals surface area (Å²) in [5, 5.41) is 2.32. The highest BCUT2D eigenvalue weighted by atomic mass is 15.5. The summed E-state index contributed by atoms with van der Waals surface area (Å²) in [6, 6.07) is 0.483. The van der Waals surface area contributed by atoms with Crippen molar-refractivity contribution in [3.63, 3.8) is 0 Å². The first-order valence-electron chi connectivity index (χ1n) is 6.81. The second-order valence-electron chi connectivity index (χ2n) is 5.47. The Hall–Kier alpha value is -1.28. The molecular formula is C16H24N2. The molecule has 1 aliphatic heterocycles. The van der Waals surface area contributed by atoms with Crippen LogP contribution in [0.2, 0.25) is 0 Å². The Labute approximate surface area is 111 Å². The molecule has 0 spiro atoms. The van der Waals surface area contributed by atoms with E-state index in [1.54, 1.807) is 0 Å². The van der Waals surface area contributed by atoms with Crippen LogP contribution in [-0.2, 0) is 0 Å². The van der Waals surface area contributed by atoms with Crippen LogP contribution < -0.4 is 5.43 Å². The van der Waals surface area contributed by atoms with Crippen molar-refractivity contribution in [2.24, 2.45) is 5.92 Å². The van der Waals surface area contributed by atoms with Gasteiger partial charge < -0.3 is 5.01 Å². The molecule has 0 saturated carbocycles. The number of hydrogen-bond donors (Lipinski definition) is 1. The minimum atomic E-state index is 0.483. The molecule has 0 aromatic rings. The van der Waals surface area contributed by atoms with Crippen LogP contribution in [0.25, 0.3) is 0 Å². The van der Waals surface area contributed by atoms with Gasteiger partial charge in [0.25, 0.3) is 0 Å². The molecule has 98 valence electrons. The van der Waals surface area contributed by atoms with E-state index in [0.29, 0.717) is 12.0 Å². The van der Waals surface area contributed by atoms with Crippen molar-refractivity contribution in [3.8, 4) is 0 Å². The van der Waals surface area contributed by atoms with Crippen LogP contribution >= 0.6 is 0 Å². The molecule has 1 saturated heterocycles. The Kier molecular flexibility index (Phi) is 4.07. The van der Waals surface area contributed by atoms with Crippen molar-refractivity contribution in [1.82, 2.24) is 10.4 Å². The molecule has 1 N–H and O–H groups in total. The van der Waals surface area contributed by atoms with Crippen LogP contribution in [-0.4, -0.2) is 17.6 Å². The maximum atomic E-state index is 3.74. The Morgan fingerprint density at radius 2 is 2.17 bits per heavy atom. The molecule has 1 heterocycles. The van der Waals surface area contributed by atoms with Crippen LogP contribution in [0.3, 0.4) is 0 Å². The molecule has 2 nitrogen and oxygen atoms in total. The molecule has 2 atom stereocenters. The lowest BCUT2D eigenvalue weighted by molar-refractivity contribution is 0.309. The monoisotopic (exact) mass is 244 g/mol. The number of rotatable bonds is 3. The summed E-state index contributed by atoms with van der Waals surface area (Å²) in [5.41, 5.74) is 7.93. The third kappa shape index (κ3) is 2.75. The summed E-state index contributed by atoms with van der Waals surface area (Å²) < 4.78 is 0. The van der Waals surface area contributed by atoms with Gasteiger partial charge in [0, 0.05) is 18.5 Å². The molecule has 2 unspecified atom stereocenters. The maximum Gasteiger partial charge on any atom is 0.0508 e. The van der Waals surface area contributed by atoms with Gasteiger partial charge in [-0.25, -0.2) is 5.43 Å². The van der Waals surface area contributed by atoms with E-state index < -0.39 is 0 Å². The van der Waals surface area contributed by atoms with Gasteiger partial charge in [0.2, 0.25) is 0 Å². The highest BCUT2D eigenvalue weighted by Gasteiger charge is 2.29. The summed E-state index contributed by atoms with van der Waals surface area (Å²) in [6.07, 6.45) is 10.9. The second-order valence-corrected chi connectivity index (χ2v) is 5.47. The van der Waals surface area contributed by atoms with Crippen molar-refractivity contribution in [1.29, 1.82) is 0 Å². The van der Waals surface area contributed by atoms with E-state index in [1.807, 2.05) is 6.08 Å². The molecule has 0 radical (unpaired) electrons. The average Bonchev–Trinajstić information content (AvgIpc) is 2.71. The highest BCUT2D eigenvalue weighted by molar-refractivity contribution is 5.31. The zero-order chi connectivity index (χ0) is 13.1. The van der Waals surface area contributed by atoms with Gasteiger partial charge in [-0.2, -0.15) is 0 Å². The molecule has 2 aliphatic rings.